The van der Waals surface area contributed by atoms with Crippen molar-refractivity contribution in [3.63, 3.8) is 0 Å². The van der Waals surface area contributed by atoms with Gasteiger partial charge in [0.05, 0.1) is 11.7 Å². The van der Waals surface area contributed by atoms with Gasteiger partial charge in [-0.25, -0.2) is 9.18 Å². The molecule has 0 N–H and O–H groups in total. The van der Waals surface area contributed by atoms with Gasteiger partial charge in [-0.3, -0.25) is 9.36 Å². The SMILES string of the molecule is CC(N=O)OC(C)c1nn(-c2cc(OC(C)C3CCCCC3)c(C=O)cc2F)c(=O)n1C. The fourth-order valence-electron chi connectivity index (χ4n) is 4.16. The Labute approximate surface area is 185 Å². The van der Waals surface area contributed by atoms with Crippen molar-refractivity contribution < 1.29 is 18.7 Å². The van der Waals surface area contributed by atoms with Crippen LogP contribution in [0.2, 0.25) is 0 Å². The Morgan fingerprint density at radius 3 is 2.53 bits per heavy atom. The third-order valence-electron chi connectivity index (χ3n) is 5.99. The number of benzene rings is 1. The molecule has 32 heavy (non-hydrogen) atoms. The van der Waals surface area contributed by atoms with E-state index in [9.17, 15) is 18.9 Å². The molecule has 174 valence electrons. The fraction of sp³-hybridized carbons (Fsp3) is 0.591. The standard InChI is InChI=1S/C22H29FN4O5/c1-13(16-8-6-5-7-9-16)32-20-11-19(18(23)10-17(20)12-28)27-22(29)26(4)21(24-27)14(2)31-15(3)25-30/h10-16H,5-9H2,1-4H3. The van der Waals surface area contributed by atoms with E-state index in [-0.39, 0.29) is 28.9 Å². The highest BCUT2D eigenvalue weighted by atomic mass is 19.1. The van der Waals surface area contributed by atoms with Crippen molar-refractivity contribution in [1.29, 1.82) is 0 Å². The van der Waals surface area contributed by atoms with Crippen molar-refractivity contribution in [2.45, 2.75) is 71.3 Å². The zero-order valence-electron chi connectivity index (χ0n) is 18.8. The van der Waals surface area contributed by atoms with Gasteiger partial charge < -0.3 is 9.47 Å². The lowest BCUT2D eigenvalue weighted by Gasteiger charge is -2.28. The molecule has 1 saturated carbocycles. The molecule has 0 spiro atoms. The second kappa shape index (κ2) is 10.2. The van der Waals surface area contributed by atoms with E-state index in [1.807, 2.05) is 6.92 Å². The summed E-state index contributed by atoms with van der Waals surface area (Å²) in [6.45, 7) is 5.02. The highest BCUT2D eigenvalue weighted by molar-refractivity contribution is 5.80. The molecule has 1 aromatic carbocycles. The zero-order chi connectivity index (χ0) is 23.4. The Hall–Kier alpha value is -2.88. The second-order valence-electron chi connectivity index (χ2n) is 8.27. The number of carbonyl (C=O) groups excluding carboxylic acids is 1. The molecular formula is C22H29FN4O5. The Bertz CT molecular complexity index is 1030. The maximum absolute atomic E-state index is 14.9. The highest BCUT2D eigenvalue weighted by Gasteiger charge is 2.25. The molecule has 0 saturated heterocycles. The predicted octanol–water partition coefficient (Wildman–Crippen LogP) is 4.06. The molecule has 0 aliphatic heterocycles. The van der Waals surface area contributed by atoms with Crippen LogP contribution in [0.25, 0.3) is 5.69 Å². The molecule has 3 atom stereocenters. The van der Waals surface area contributed by atoms with E-state index in [1.165, 1.54) is 31.0 Å². The van der Waals surface area contributed by atoms with Crippen molar-refractivity contribution >= 4 is 6.29 Å². The van der Waals surface area contributed by atoms with Gasteiger partial charge in [0.1, 0.15) is 23.4 Å². The van der Waals surface area contributed by atoms with Crippen molar-refractivity contribution in [3.05, 3.63) is 44.7 Å². The Morgan fingerprint density at radius 1 is 1.22 bits per heavy atom. The minimum Gasteiger partial charge on any atom is -0.490 e. The highest BCUT2D eigenvalue weighted by Crippen LogP contribution is 2.31. The van der Waals surface area contributed by atoms with Crippen molar-refractivity contribution in [2.24, 2.45) is 18.1 Å². The van der Waals surface area contributed by atoms with Crippen LogP contribution in [0, 0.1) is 16.6 Å². The number of ether oxygens (including phenoxy) is 2. The average molecular weight is 448 g/mol. The molecule has 1 aliphatic carbocycles. The summed E-state index contributed by atoms with van der Waals surface area (Å²) in [4.78, 5) is 35.0. The average Bonchev–Trinajstić information content (AvgIpc) is 3.09. The normalized spacial score (nSPS) is 17.5. The lowest BCUT2D eigenvalue weighted by molar-refractivity contribution is 0.00494. The largest absolute Gasteiger partial charge is 0.490 e. The molecule has 2 aromatic rings. The number of aromatic nitrogens is 3. The molecule has 0 amide bonds. The Balaban J connectivity index is 1.96. The zero-order valence-corrected chi connectivity index (χ0v) is 18.8. The Morgan fingerprint density at radius 2 is 1.91 bits per heavy atom. The van der Waals surface area contributed by atoms with Gasteiger partial charge in [0.15, 0.2) is 18.3 Å². The van der Waals surface area contributed by atoms with Gasteiger partial charge in [-0.15, -0.1) is 10.0 Å². The van der Waals surface area contributed by atoms with E-state index in [4.69, 9.17) is 9.47 Å². The van der Waals surface area contributed by atoms with Gasteiger partial charge in [-0.1, -0.05) is 19.3 Å². The van der Waals surface area contributed by atoms with Crippen LogP contribution in [0.3, 0.4) is 0 Å². The van der Waals surface area contributed by atoms with Crippen molar-refractivity contribution in [3.8, 4) is 11.4 Å². The molecule has 9 nitrogen and oxygen atoms in total. The van der Waals surface area contributed by atoms with Gasteiger partial charge in [-0.2, -0.15) is 4.68 Å². The number of nitrogens with zero attached hydrogens (tertiary/aromatic N) is 4. The summed E-state index contributed by atoms with van der Waals surface area (Å²) >= 11 is 0. The summed E-state index contributed by atoms with van der Waals surface area (Å²) in [5.41, 5.74) is -0.672. The molecule has 10 heteroatoms. The van der Waals surface area contributed by atoms with Crippen LogP contribution in [-0.4, -0.2) is 33.0 Å². The fourth-order valence-corrected chi connectivity index (χ4v) is 4.16. The number of rotatable bonds is 9. The second-order valence-corrected chi connectivity index (χ2v) is 8.27. The summed E-state index contributed by atoms with van der Waals surface area (Å²) in [5, 5.41) is 6.99. The van der Waals surface area contributed by atoms with Crippen LogP contribution in [0.15, 0.2) is 22.1 Å². The third kappa shape index (κ3) is 4.95. The van der Waals surface area contributed by atoms with Crippen LogP contribution in [0.4, 0.5) is 4.39 Å². The number of hydrogen-bond acceptors (Lipinski definition) is 7. The smallest absolute Gasteiger partial charge is 0.350 e. The van der Waals surface area contributed by atoms with Crippen molar-refractivity contribution in [1.82, 2.24) is 14.3 Å². The van der Waals surface area contributed by atoms with Gasteiger partial charge >= 0.3 is 5.69 Å². The lowest BCUT2D eigenvalue weighted by Crippen LogP contribution is -2.26. The first-order chi connectivity index (χ1) is 15.3. The summed E-state index contributed by atoms with van der Waals surface area (Å²) in [7, 11) is 1.47. The van der Waals surface area contributed by atoms with Crippen LogP contribution >= 0.6 is 0 Å². The first-order valence-electron chi connectivity index (χ1n) is 10.9. The summed E-state index contributed by atoms with van der Waals surface area (Å²) in [6, 6.07) is 2.38. The maximum atomic E-state index is 14.9. The molecule has 1 aromatic heterocycles. The van der Waals surface area contributed by atoms with Gasteiger partial charge in [-0.05, 0) is 50.8 Å². The maximum Gasteiger partial charge on any atom is 0.350 e. The molecule has 0 radical (unpaired) electrons. The monoisotopic (exact) mass is 448 g/mol. The van der Waals surface area contributed by atoms with Crippen LogP contribution < -0.4 is 10.4 Å². The molecular weight excluding hydrogens is 419 g/mol. The van der Waals surface area contributed by atoms with Gasteiger partial charge in [0.2, 0.25) is 0 Å². The van der Waals surface area contributed by atoms with Crippen molar-refractivity contribution in [2.75, 3.05) is 0 Å². The molecule has 1 fully saturated rings. The number of carbonyl (C=O) groups is 1. The van der Waals surface area contributed by atoms with Gasteiger partial charge in [0, 0.05) is 13.1 Å². The van der Waals surface area contributed by atoms with E-state index < -0.39 is 23.8 Å². The van der Waals surface area contributed by atoms with E-state index in [0.717, 1.165) is 36.4 Å². The number of nitroso groups, excluding NO2 is 1. The van der Waals surface area contributed by atoms with Crippen LogP contribution in [0.5, 0.6) is 5.75 Å². The van der Waals surface area contributed by atoms with E-state index in [2.05, 4.69) is 10.3 Å². The summed E-state index contributed by atoms with van der Waals surface area (Å²) in [6.07, 6.45) is 4.27. The minimum absolute atomic E-state index is 0.0701. The Kier molecular flexibility index (Phi) is 7.55. The molecule has 1 heterocycles. The topological polar surface area (TPSA) is 105 Å². The lowest BCUT2D eigenvalue weighted by atomic mass is 9.86. The van der Waals surface area contributed by atoms with Crippen LogP contribution in [-0.2, 0) is 11.8 Å². The molecule has 3 rings (SSSR count). The molecule has 1 aliphatic rings. The van der Waals surface area contributed by atoms with E-state index in [0.29, 0.717) is 12.2 Å². The number of hydrogen-bond donors (Lipinski definition) is 0. The van der Waals surface area contributed by atoms with Gasteiger partial charge in [0.25, 0.3) is 0 Å². The quantitative estimate of drug-likeness (QED) is 0.423. The summed E-state index contributed by atoms with van der Waals surface area (Å²) < 4.78 is 28.4. The predicted molar refractivity (Wildman–Crippen MR) is 116 cm³/mol. The minimum atomic E-state index is -0.935. The first kappa shape index (κ1) is 23.8. The third-order valence-corrected chi connectivity index (χ3v) is 5.99. The van der Waals surface area contributed by atoms with Crippen LogP contribution in [0.1, 0.15) is 75.2 Å². The first-order valence-corrected chi connectivity index (χ1v) is 10.9. The van der Waals surface area contributed by atoms with E-state index in [1.54, 1.807) is 6.92 Å². The van der Waals surface area contributed by atoms with E-state index >= 15 is 0 Å². The molecule has 0 bridgehead atoms. The number of aldehydes is 1. The summed E-state index contributed by atoms with van der Waals surface area (Å²) in [5.74, 6) is -0.0283. The molecule has 3 unspecified atom stereocenters. The number of halogens is 1.